The maximum Gasteiger partial charge on any atom is 0.205 e. The number of nitrogens with zero attached hydrogens (tertiary/aromatic N) is 1. The molecule has 0 bridgehead atoms. The number of fused-ring (bicyclic) bond motifs is 1. The van der Waals surface area contributed by atoms with E-state index in [0.717, 1.165) is 5.39 Å². The van der Waals surface area contributed by atoms with Gasteiger partial charge in [0.05, 0.1) is 0 Å². The average molecular weight is 192 g/mol. The Morgan fingerprint density at radius 1 is 1.07 bits per heavy atom. The molecule has 0 aliphatic rings. The van der Waals surface area contributed by atoms with Gasteiger partial charge in [-0.3, -0.25) is 0 Å². The summed E-state index contributed by atoms with van der Waals surface area (Å²) < 4.78 is 14.9. The summed E-state index contributed by atoms with van der Waals surface area (Å²) in [5, 5.41) is 1.61. The van der Waals surface area contributed by atoms with Gasteiger partial charge in [-0.1, -0.05) is 32.0 Å². The summed E-state index contributed by atoms with van der Waals surface area (Å²) in [6, 6.07) is 7.43. The molecular formula is C12H15FN+. The number of hydrogen-bond donors (Lipinski definition) is 0. The number of aryl methyl sites for hydroxylation is 1. The van der Waals surface area contributed by atoms with Gasteiger partial charge in [0.15, 0.2) is 12.0 Å². The fraction of sp³-hybridized carbons (Fsp3) is 0.250. The number of aromatic nitrogens is 1. The number of benzene rings is 1. The number of rotatable bonds is 0. The lowest BCUT2D eigenvalue weighted by atomic mass is 10.2. The fourth-order valence-corrected chi connectivity index (χ4v) is 1.33. The standard InChI is InChI=1S/C10H9FN.C2H6/c1-12-6-8-4-2-3-5-9(8)10(11)7-12;1-2/h2-7H,1H3;1-2H3/q+1;. The Bertz CT molecular complexity index is 424. The Morgan fingerprint density at radius 3 is 2.43 bits per heavy atom. The van der Waals surface area contributed by atoms with Crippen molar-refractivity contribution in [3.8, 4) is 0 Å². The number of halogens is 1. The molecule has 74 valence electrons. The fourth-order valence-electron chi connectivity index (χ4n) is 1.33. The highest BCUT2D eigenvalue weighted by atomic mass is 19.1. The molecule has 0 amide bonds. The van der Waals surface area contributed by atoms with Crippen molar-refractivity contribution in [1.82, 2.24) is 0 Å². The van der Waals surface area contributed by atoms with Crippen LogP contribution in [0.2, 0.25) is 0 Å². The number of pyridine rings is 1. The molecular weight excluding hydrogens is 177 g/mol. The lowest BCUT2D eigenvalue weighted by molar-refractivity contribution is -0.671. The van der Waals surface area contributed by atoms with Crippen molar-refractivity contribution in [2.45, 2.75) is 13.8 Å². The van der Waals surface area contributed by atoms with E-state index in [9.17, 15) is 4.39 Å². The maximum absolute atomic E-state index is 13.2. The lowest BCUT2D eigenvalue weighted by Gasteiger charge is -1.95. The van der Waals surface area contributed by atoms with Crippen LogP contribution < -0.4 is 4.57 Å². The summed E-state index contributed by atoms with van der Waals surface area (Å²) in [6.45, 7) is 4.00. The Balaban J connectivity index is 0.000000461. The second-order valence-electron chi connectivity index (χ2n) is 2.86. The van der Waals surface area contributed by atoms with Gasteiger partial charge in [-0.2, -0.15) is 4.39 Å². The third kappa shape index (κ3) is 2.08. The average Bonchev–Trinajstić information content (AvgIpc) is 2.20. The zero-order chi connectivity index (χ0) is 10.6. The Morgan fingerprint density at radius 2 is 1.71 bits per heavy atom. The highest BCUT2D eigenvalue weighted by Gasteiger charge is 2.04. The molecule has 0 N–H and O–H groups in total. The van der Waals surface area contributed by atoms with Gasteiger partial charge in [0, 0.05) is 10.8 Å². The summed E-state index contributed by atoms with van der Waals surface area (Å²) in [5.74, 6) is -0.171. The zero-order valence-corrected chi connectivity index (χ0v) is 8.79. The van der Waals surface area contributed by atoms with Gasteiger partial charge in [0.25, 0.3) is 0 Å². The van der Waals surface area contributed by atoms with Crippen LogP contribution in [0.1, 0.15) is 13.8 Å². The molecule has 2 heteroatoms. The van der Waals surface area contributed by atoms with E-state index in [1.807, 2.05) is 45.3 Å². The molecule has 0 atom stereocenters. The van der Waals surface area contributed by atoms with Crippen LogP contribution in [0.3, 0.4) is 0 Å². The molecule has 0 saturated carbocycles. The van der Waals surface area contributed by atoms with Crippen molar-refractivity contribution in [1.29, 1.82) is 0 Å². The molecule has 0 radical (unpaired) electrons. The third-order valence-corrected chi connectivity index (χ3v) is 1.88. The molecule has 2 aromatic rings. The van der Waals surface area contributed by atoms with Gasteiger partial charge >= 0.3 is 0 Å². The highest BCUT2D eigenvalue weighted by Crippen LogP contribution is 2.13. The quantitative estimate of drug-likeness (QED) is 0.565. The molecule has 14 heavy (non-hydrogen) atoms. The van der Waals surface area contributed by atoms with Crippen molar-refractivity contribution in [2.75, 3.05) is 0 Å². The molecule has 0 aliphatic carbocycles. The largest absolute Gasteiger partial charge is 0.205 e. The summed E-state index contributed by atoms with van der Waals surface area (Å²) in [6.07, 6.45) is 3.38. The Kier molecular flexibility index (Phi) is 3.57. The van der Waals surface area contributed by atoms with Crippen molar-refractivity contribution >= 4 is 10.8 Å². The minimum atomic E-state index is -0.171. The van der Waals surface area contributed by atoms with Crippen LogP contribution in [-0.4, -0.2) is 0 Å². The van der Waals surface area contributed by atoms with Crippen molar-refractivity contribution in [3.05, 3.63) is 42.5 Å². The molecule has 0 fully saturated rings. The SMILES string of the molecule is CC.C[n+]1cc(F)c2ccccc2c1. The van der Waals surface area contributed by atoms with Crippen LogP contribution in [0.4, 0.5) is 4.39 Å². The van der Waals surface area contributed by atoms with Gasteiger partial charge in [0.2, 0.25) is 6.20 Å². The van der Waals surface area contributed by atoms with Crippen molar-refractivity contribution in [2.24, 2.45) is 7.05 Å². The second kappa shape index (κ2) is 4.70. The minimum Gasteiger partial charge on any atom is -0.205 e. The first-order valence-corrected chi connectivity index (χ1v) is 4.81. The van der Waals surface area contributed by atoms with Crippen LogP contribution in [0.5, 0.6) is 0 Å². The highest BCUT2D eigenvalue weighted by molar-refractivity contribution is 5.81. The van der Waals surface area contributed by atoms with E-state index in [-0.39, 0.29) is 5.82 Å². The predicted octanol–water partition coefficient (Wildman–Crippen LogP) is 2.83. The predicted molar refractivity (Wildman–Crippen MR) is 56.4 cm³/mol. The molecule has 0 saturated heterocycles. The van der Waals surface area contributed by atoms with Crippen LogP contribution >= 0.6 is 0 Å². The Labute approximate surface area is 83.8 Å². The summed E-state index contributed by atoms with van der Waals surface area (Å²) in [7, 11) is 1.82. The normalized spacial score (nSPS) is 9.43. The second-order valence-corrected chi connectivity index (χ2v) is 2.86. The first-order valence-electron chi connectivity index (χ1n) is 4.81. The molecule has 0 spiro atoms. The van der Waals surface area contributed by atoms with Gasteiger partial charge in [0.1, 0.15) is 7.05 Å². The van der Waals surface area contributed by atoms with Crippen LogP contribution in [-0.2, 0) is 7.05 Å². The first-order chi connectivity index (χ1) is 6.77. The first kappa shape index (κ1) is 10.6. The monoisotopic (exact) mass is 192 g/mol. The molecule has 1 aromatic heterocycles. The van der Waals surface area contributed by atoms with Crippen molar-refractivity contribution < 1.29 is 8.96 Å². The molecule has 1 nitrogen and oxygen atoms in total. The molecule has 2 rings (SSSR count). The summed E-state index contributed by atoms with van der Waals surface area (Å²) in [4.78, 5) is 0. The topological polar surface area (TPSA) is 3.88 Å². The van der Waals surface area contributed by atoms with Crippen LogP contribution in [0.25, 0.3) is 10.8 Å². The van der Waals surface area contributed by atoms with E-state index in [1.54, 1.807) is 10.6 Å². The summed E-state index contributed by atoms with van der Waals surface area (Å²) >= 11 is 0. The van der Waals surface area contributed by atoms with E-state index in [2.05, 4.69) is 0 Å². The van der Waals surface area contributed by atoms with E-state index >= 15 is 0 Å². The summed E-state index contributed by atoms with van der Waals surface area (Å²) in [5.41, 5.74) is 0. The molecule has 1 heterocycles. The molecule has 1 aromatic carbocycles. The van der Waals surface area contributed by atoms with Gasteiger partial charge in [-0.05, 0) is 6.07 Å². The maximum atomic E-state index is 13.2. The van der Waals surface area contributed by atoms with E-state index < -0.39 is 0 Å². The zero-order valence-electron chi connectivity index (χ0n) is 8.79. The van der Waals surface area contributed by atoms with Gasteiger partial charge < -0.3 is 0 Å². The minimum absolute atomic E-state index is 0.171. The van der Waals surface area contributed by atoms with Gasteiger partial charge in [-0.25, -0.2) is 4.57 Å². The smallest absolute Gasteiger partial charge is 0.205 e. The third-order valence-electron chi connectivity index (χ3n) is 1.88. The van der Waals surface area contributed by atoms with Crippen LogP contribution in [0, 0.1) is 5.82 Å². The van der Waals surface area contributed by atoms with Gasteiger partial charge in [-0.15, -0.1) is 0 Å². The molecule has 0 aliphatic heterocycles. The Hall–Kier alpha value is -1.44. The van der Waals surface area contributed by atoms with E-state index in [1.165, 1.54) is 6.20 Å². The van der Waals surface area contributed by atoms with Crippen molar-refractivity contribution in [3.63, 3.8) is 0 Å². The van der Waals surface area contributed by atoms with E-state index in [0.29, 0.717) is 5.39 Å². The lowest BCUT2D eigenvalue weighted by Crippen LogP contribution is -2.27. The van der Waals surface area contributed by atoms with Crippen LogP contribution in [0.15, 0.2) is 36.7 Å². The molecule has 0 unspecified atom stereocenters. The van der Waals surface area contributed by atoms with E-state index in [4.69, 9.17) is 0 Å². The number of hydrogen-bond acceptors (Lipinski definition) is 0.